The summed E-state index contributed by atoms with van der Waals surface area (Å²) in [5, 5.41) is 2.61. The molecule has 2 fully saturated rings. The number of allylic oxidation sites excluding steroid dienone is 1. The summed E-state index contributed by atoms with van der Waals surface area (Å²) >= 11 is 0. The Morgan fingerprint density at radius 2 is 1.41 bits per heavy atom. The van der Waals surface area contributed by atoms with Crippen molar-refractivity contribution < 1.29 is 4.74 Å². The molecule has 2 saturated carbocycles. The van der Waals surface area contributed by atoms with E-state index in [1.54, 1.807) is 0 Å². The summed E-state index contributed by atoms with van der Waals surface area (Å²) in [5.41, 5.74) is 1.50. The Labute approximate surface area is 196 Å². The van der Waals surface area contributed by atoms with Gasteiger partial charge in [0.05, 0.1) is 0 Å². The van der Waals surface area contributed by atoms with Crippen LogP contribution in [0.3, 0.4) is 0 Å². The molecule has 0 aliphatic heterocycles. The molecule has 2 aromatic carbocycles. The summed E-state index contributed by atoms with van der Waals surface area (Å²) in [6.07, 6.45) is 21.6. The first-order chi connectivity index (χ1) is 15.7. The molecule has 0 saturated heterocycles. The number of benzene rings is 2. The number of ether oxygens (including phenoxy) is 1. The molecule has 0 spiro atoms. The lowest BCUT2D eigenvalue weighted by atomic mass is 9.68. The Morgan fingerprint density at radius 1 is 0.781 bits per heavy atom. The monoisotopic (exact) mass is 432 g/mol. The molecule has 4 rings (SSSR count). The molecule has 2 aromatic rings. The van der Waals surface area contributed by atoms with Gasteiger partial charge < -0.3 is 4.74 Å². The highest BCUT2D eigenvalue weighted by Crippen LogP contribution is 2.43. The van der Waals surface area contributed by atoms with Crippen molar-refractivity contribution >= 4 is 10.8 Å². The number of hydrogen-bond acceptors (Lipinski definition) is 1. The molecule has 0 radical (unpaired) electrons. The molecular weight excluding hydrogens is 388 g/mol. The first-order valence-corrected chi connectivity index (χ1v) is 13.5. The standard InChI is InChI=1S/C31H44O/c1-3-5-21-32-31-20-19-29-22-26(13-18-30(29)23-31)8-7-25-11-16-28(17-12-25)27-14-9-24(6-4-2)10-15-27/h3,5,13,18-20,22-25,27-28H,4,6-12,14-17,21H2,1-2H3. The zero-order valence-corrected chi connectivity index (χ0v) is 20.5. The molecule has 0 N–H and O–H groups in total. The van der Waals surface area contributed by atoms with Gasteiger partial charge in [-0.2, -0.15) is 0 Å². The highest BCUT2D eigenvalue weighted by molar-refractivity contribution is 5.84. The van der Waals surface area contributed by atoms with Gasteiger partial charge in [0, 0.05) is 0 Å². The van der Waals surface area contributed by atoms with Gasteiger partial charge in [-0.15, -0.1) is 0 Å². The summed E-state index contributed by atoms with van der Waals surface area (Å²) in [7, 11) is 0. The zero-order valence-electron chi connectivity index (χ0n) is 20.5. The van der Waals surface area contributed by atoms with E-state index in [1.165, 1.54) is 93.4 Å². The van der Waals surface area contributed by atoms with Crippen molar-refractivity contribution in [2.45, 2.75) is 90.9 Å². The summed E-state index contributed by atoms with van der Waals surface area (Å²) in [4.78, 5) is 0. The van der Waals surface area contributed by atoms with Crippen LogP contribution in [0.15, 0.2) is 48.6 Å². The Morgan fingerprint density at radius 3 is 2.06 bits per heavy atom. The van der Waals surface area contributed by atoms with E-state index in [2.05, 4.69) is 43.3 Å². The van der Waals surface area contributed by atoms with Crippen molar-refractivity contribution in [3.8, 4) is 5.75 Å². The fourth-order valence-electron chi connectivity index (χ4n) is 6.43. The summed E-state index contributed by atoms with van der Waals surface area (Å²) in [5.74, 6) is 5.04. The predicted molar refractivity (Wildman–Crippen MR) is 138 cm³/mol. The topological polar surface area (TPSA) is 9.23 Å². The second-order valence-electron chi connectivity index (χ2n) is 10.6. The molecule has 0 aromatic heterocycles. The van der Waals surface area contributed by atoms with Crippen LogP contribution < -0.4 is 4.74 Å². The maximum absolute atomic E-state index is 5.79. The highest BCUT2D eigenvalue weighted by Gasteiger charge is 2.30. The predicted octanol–water partition coefficient (Wildman–Crippen LogP) is 9.14. The van der Waals surface area contributed by atoms with Crippen LogP contribution in [-0.4, -0.2) is 6.61 Å². The van der Waals surface area contributed by atoms with Gasteiger partial charge in [-0.1, -0.05) is 81.9 Å². The van der Waals surface area contributed by atoms with Gasteiger partial charge in [-0.25, -0.2) is 0 Å². The molecule has 2 aliphatic carbocycles. The Bertz CT molecular complexity index is 850. The van der Waals surface area contributed by atoms with E-state index >= 15 is 0 Å². The van der Waals surface area contributed by atoms with Crippen LogP contribution in [0.1, 0.15) is 90.0 Å². The van der Waals surface area contributed by atoms with E-state index in [1.807, 2.05) is 19.1 Å². The van der Waals surface area contributed by atoms with Crippen molar-refractivity contribution in [1.82, 2.24) is 0 Å². The van der Waals surface area contributed by atoms with Crippen molar-refractivity contribution in [3.05, 3.63) is 54.1 Å². The highest BCUT2D eigenvalue weighted by atomic mass is 16.5. The van der Waals surface area contributed by atoms with Crippen molar-refractivity contribution in [2.24, 2.45) is 23.7 Å². The third kappa shape index (κ3) is 6.40. The smallest absolute Gasteiger partial charge is 0.120 e. The van der Waals surface area contributed by atoms with Crippen molar-refractivity contribution in [2.75, 3.05) is 6.61 Å². The third-order valence-electron chi connectivity index (χ3n) is 8.45. The van der Waals surface area contributed by atoms with E-state index in [-0.39, 0.29) is 0 Å². The van der Waals surface area contributed by atoms with Gasteiger partial charge in [0.2, 0.25) is 0 Å². The molecular formula is C31H44O. The lowest BCUT2D eigenvalue weighted by Crippen LogP contribution is -2.26. The zero-order chi connectivity index (χ0) is 22.2. The Balaban J connectivity index is 1.22. The SMILES string of the molecule is CC=CCOc1ccc2cc(CCC3CCC(C4CCC(CCC)CC4)CC3)ccc2c1. The van der Waals surface area contributed by atoms with Crippen LogP contribution in [0.2, 0.25) is 0 Å². The summed E-state index contributed by atoms with van der Waals surface area (Å²) in [6, 6.07) is 13.5. The van der Waals surface area contributed by atoms with E-state index in [0.717, 1.165) is 29.4 Å². The number of rotatable bonds is 9. The lowest BCUT2D eigenvalue weighted by Gasteiger charge is -2.38. The van der Waals surface area contributed by atoms with Gasteiger partial charge in [0.1, 0.15) is 12.4 Å². The second kappa shape index (κ2) is 11.9. The summed E-state index contributed by atoms with van der Waals surface area (Å²) < 4.78 is 5.79. The number of hydrogen-bond donors (Lipinski definition) is 0. The van der Waals surface area contributed by atoms with Crippen LogP contribution >= 0.6 is 0 Å². The molecule has 32 heavy (non-hydrogen) atoms. The quantitative estimate of drug-likeness (QED) is 0.359. The van der Waals surface area contributed by atoms with E-state index in [0.29, 0.717) is 6.61 Å². The minimum atomic E-state index is 0.641. The van der Waals surface area contributed by atoms with Crippen LogP contribution in [-0.2, 0) is 6.42 Å². The maximum atomic E-state index is 5.79. The van der Waals surface area contributed by atoms with Gasteiger partial charge in [0.15, 0.2) is 0 Å². The van der Waals surface area contributed by atoms with E-state index < -0.39 is 0 Å². The molecule has 0 unspecified atom stereocenters. The minimum absolute atomic E-state index is 0.641. The largest absolute Gasteiger partial charge is 0.490 e. The van der Waals surface area contributed by atoms with E-state index in [9.17, 15) is 0 Å². The van der Waals surface area contributed by atoms with Crippen molar-refractivity contribution in [3.63, 3.8) is 0 Å². The molecule has 0 heterocycles. The van der Waals surface area contributed by atoms with Gasteiger partial charge in [-0.3, -0.25) is 0 Å². The van der Waals surface area contributed by atoms with Crippen molar-refractivity contribution in [1.29, 1.82) is 0 Å². The molecule has 0 atom stereocenters. The Hall–Kier alpha value is -1.76. The normalized spacial score (nSPS) is 26.6. The molecule has 0 bridgehead atoms. The fraction of sp³-hybridized carbons (Fsp3) is 0.613. The Kier molecular flexibility index (Phi) is 8.71. The van der Waals surface area contributed by atoms with Gasteiger partial charge >= 0.3 is 0 Å². The number of aryl methyl sites for hydroxylation is 1. The van der Waals surface area contributed by atoms with Gasteiger partial charge in [0.25, 0.3) is 0 Å². The average molecular weight is 433 g/mol. The van der Waals surface area contributed by atoms with Crippen LogP contribution in [0, 0.1) is 23.7 Å². The molecule has 174 valence electrons. The third-order valence-corrected chi connectivity index (χ3v) is 8.45. The molecule has 0 amide bonds. The average Bonchev–Trinajstić information content (AvgIpc) is 2.84. The first-order valence-electron chi connectivity index (χ1n) is 13.5. The van der Waals surface area contributed by atoms with E-state index in [4.69, 9.17) is 4.74 Å². The first kappa shape index (κ1) is 23.4. The fourth-order valence-corrected chi connectivity index (χ4v) is 6.43. The second-order valence-corrected chi connectivity index (χ2v) is 10.6. The molecule has 1 heteroatoms. The van der Waals surface area contributed by atoms with Crippen LogP contribution in [0.5, 0.6) is 5.75 Å². The van der Waals surface area contributed by atoms with Crippen LogP contribution in [0.25, 0.3) is 10.8 Å². The molecule has 2 aliphatic rings. The summed E-state index contributed by atoms with van der Waals surface area (Å²) in [6.45, 7) is 5.02. The maximum Gasteiger partial charge on any atom is 0.120 e. The van der Waals surface area contributed by atoms with Crippen LogP contribution in [0.4, 0.5) is 0 Å². The molecule has 1 nitrogen and oxygen atoms in total. The van der Waals surface area contributed by atoms with Gasteiger partial charge in [-0.05, 0) is 97.6 Å². The minimum Gasteiger partial charge on any atom is -0.490 e. The lowest BCUT2D eigenvalue weighted by molar-refractivity contribution is 0.141. The number of fused-ring (bicyclic) bond motifs is 1.